The summed E-state index contributed by atoms with van der Waals surface area (Å²) in [5.41, 5.74) is 1.41. The van der Waals surface area contributed by atoms with E-state index in [2.05, 4.69) is 10.3 Å². The molecule has 0 aliphatic heterocycles. The van der Waals surface area contributed by atoms with Gasteiger partial charge in [-0.25, -0.2) is 4.98 Å². The van der Waals surface area contributed by atoms with Gasteiger partial charge in [0.15, 0.2) is 6.61 Å². The number of hydrogen-bond donors (Lipinski definition) is 1. The number of carbonyl (C=O) groups is 1. The number of carbonyl (C=O) groups excluding carboxylic acids is 1. The Labute approximate surface area is 185 Å². The second kappa shape index (κ2) is 10.0. The molecule has 31 heavy (non-hydrogen) atoms. The number of amides is 1. The summed E-state index contributed by atoms with van der Waals surface area (Å²) in [7, 11) is 0. The fraction of sp³-hybridized carbons (Fsp3) is 0.238. The van der Waals surface area contributed by atoms with Crippen molar-refractivity contribution in [1.82, 2.24) is 4.98 Å². The molecule has 0 fully saturated rings. The molecular weight excluding hydrogens is 453 g/mol. The van der Waals surface area contributed by atoms with Crippen LogP contribution in [0.2, 0.25) is 5.02 Å². The number of alkyl halides is 3. The van der Waals surface area contributed by atoms with Gasteiger partial charge < -0.3 is 14.8 Å². The van der Waals surface area contributed by atoms with Gasteiger partial charge in [-0.2, -0.15) is 13.2 Å². The molecule has 3 aromatic rings. The summed E-state index contributed by atoms with van der Waals surface area (Å²) < 4.78 is 47.9. The van der Waals surface area contributed by atoms with Crippen LogP contribution in [-0.4, -0.2) is 23.7 Å². The summed E-state index contributed by atoms with van der Waals surface area (Å²) in [6.07, 6.45) is -4.51. The Bertz CT molecular complexity index is 1040. The number of halogens is 4. The van der Waals surface area contributed by atoms with Crippen molar-refractivity contribution in [3.8, 4) is 11.5 Å². The van der Waals surface area contributed by atoms with Crippen LogP contribution < -0.4 is 14.8 Å². The second-order valence-electron chi connectivity index (χ2n) is 6.60. The average Bonchev–Trinajstić information content (AvgIpc) is 3.14. The number of thiazole rings is 1. The van der Waals surface area contributed by atoms with Crippen molar-refractivity contribution in [2.75, 3.05) is 11.9 Å². The highest BCUT2D eigenvalue weighted by atomic mass is 35.5. The average molecular weight is 471 g/mol. The Morgan fingerprint density at radius 1 is 1.16 bits per heavy atom. The van der Waals surface area contributed by atoms with Crippen LogP contribution in [0.1, 0.15) is 16.3 Å². The Kier molecular flexibility index (Phi) is 7.40. The van der Waals surface area contributed by atoms with E-state index in [1.165, 1.54) is 23.5 Å². The summed E-state index contributed by atoms with van der Waals surface area (Å²) in [6, 6.07) is 11.5. The van der Waals surface area contributed by atoms with E-state index < -0.39 is 18.7 Å². The molecule has 1 heterocycles. The van der Waals surface area contributed by atoms with Crippen molar-refractivity contribution in [2.45, 2.75) is 26.1 Å². The van der Waals surface area contributed by atoms with Crippen LogP contribution in [0.3, 0.4) is 0 Å². The molecule has 0 atom stereocenters. The first-order valence-electron chi connectivity index (χ1n) is 9.09. The van der Waals surface area contributed by atoms with E-state index in [0.29, 0.717) is 27.0 Å². The van der Waals surface area contributed by atoms with Gasteiger partial charge in [0, 0.05) is 10.4 Å². The molecule has 10 heteroatoms. The Hall–Kier alpha value is -2.78. The summed E-state index contributed by atoms with van der Waals surface area (Å²) in [4.78, 5) is 16.7. The van der Waals surface area contributed by atoms with Crippen LogP contribution in [-0.2, 0) is 17.8 Å². The normalized spacial score (nSPS) is 11.3. The van der Waals surface area contributed by atoms with Gasteiger partial charge in [-0.1, -0.05) is 17.7 Å². The lowest BCUT2D eigenvalue weighted by atomic mass is 10.2. The van der Waals surface area contributed by atoms with E-state index >= 15 is 0 Å². The van der Waals surface area contributed by atoms with Crippen molar-refractivity contribution < 1.29 is 27.4 Å². The molecule has 2 aromatic carbocycles. The lowest BCUT2D eigenvalue weighted by Gasteiger charge is -2.14. The molecule has 3 rings (SSSR count). The zero-order valence-corrected chi connectivity index (χ0v) is 17.9. The molecule has 164 valence electrons. The minimum absolute atomic E-state index is 0.0377. The summed E-state index contributed by atoms with van der Waals surface area (Å²) in [6.45, 7) is 0.513. The largest absolute Gasteiger partial charge is 0.486 e. The van der Waals surface area contributed by atoms with Crippen molar-refractivity contribution in [3.63, 3.8) is 0 Å². The molecule has 1 amide bonds. The molecule has 0 unspecified atom stereocenters. The quantitative estimate of drug-likeness (QED) is 0.451. The number of nitrogens with one attached hydrogen (secondary N) is 1. The number of hydrogen-bond acceptors (Lipinski definition) is 5. The van der Waals surface area contributed by atoms with E-state index in [0.717, 1.165) is 0 Å². The topological polar surface area (TPSA) is 60.5 Å². The first-order valence-corrected chi connectivity index (χ1v) is 10.4. The van der Waals surface area contributed by atoms with Gasteiger partial charge in [0.2, 0.25) is 5.91 Å². The fourth-order valence-electron chi connectivity index (χ4n) is 2.54. The van der Waals surface area contributed by atoms with Crippen molar-refractivity contribution in [2.24, 2.45) is 0 Å². The third kappa shape index (κ3) is 7.45. The molecule has 0 bridgehead atoms. The maximum absolute atomic E-state index is 12.5. The smallest absolute Gasteiger partial charge is 0.422 e. The van der Waals surface area contributed by atoms with Gasteiger partial charge in [-0.05, 0) is 48.9 Å². The van der Waals surface area contributed by atoms with E-state index in [1.54, 1.807) is 42.6 Å². The maximum Gasteiger partial charge on any atom is 0.422 e. The molecule has 0 saturated heterocycles. The van der Waals surface area contributed by atoms with Crippen LogP contribution in [0.25, 0.3) is 0 Å². The van der Waals surface area contributed by atoms with Crippen molar-refractivity contribution in [3.05, 3.63) is 69.1 Å². The standard InChI is InChI=1S/C21H18ClF3N2O3S/c1-13-2-7-17(18(8-13)30-12-21(23,24)25)27-19(28)9-15-11-31-20(26-15)10-29-16-5-3-14(22)4-6-16/h2-8,11H,9-10,12H2,1H3,(H,27,28). The summed E-state index contributed by atoms with van der Waals surface area (Å²) in [5.74, 6) is 0.182. The molecule has 0 aliphatic rings. The van der Waals surface area contributed by atoms with Crippen LogP contribution in [0, 0.1) is 6.92 Å². The molecule has 1 N–H and O–H groups in total. The van der Waals surface area contributed by atoms with Gasteiger partial charge in [-0.15, -0.1) is 11.3 Å². The highest BCUT2D eigenvalue weighted by Crippen LogP contribution is 2.28. The van der Waals surface area contributed by atoms with Crippen LogP contribution >= 0.6 is 22.9 Å². The Morgan fingerprint density at radius 2 is 1.90 bits per heavy atom. The highest BCUT2D eigenvalue weighted by molar-refractivity contribution is 7.09. The molecule has 1 aromatic heterocycles. The Morgan fingerprint density at radius 3 is 2.61 bits per heavy atom. The zero-order valence-electron chi connectivity index (χ0n) is 16.3. The third-order valence-electron chi connectivity index (χ3n) is 3.92. The number of aryl methyl sites for hydroxylation is 1. The summed E-state index contributed by atoms with van der Waals surface area (Å²) in [5, 5.41) is 5.61. The highest BCUT2D eigenvalue weighted by Gasteiger charge is 2.29. The lowest BCUT2D eigenvalue weighted by molar-refractivity contribution is -0.153. The lowest BCUT2D eigenvalue weighted by Crippen LogP contribution is -2.21. The maximum atomic E-state index is 12.5. The third-order valence-corrected chi connectivity index (χ3v) is 5.04. The summed E-state index contributed by atoms with van der Waals surface area (Å²) >= 11 is 7.18. The minimum atomic E-state index is -4.48. The van der Waals surface area contributed by atoms with Gasteiger partial charge in [0.1, 0.15) is 23.1 Å². The number of ether oxygens (including phenoxy) is 2. The van der Waals surface area contributed by atoms with Crippen molar-refractivity contribution >= 4 is 34.5 Å². The molecular formula is C21H18ClF3N2O3S. The van der Waals surface area contributed by atoms with E-state index in [1.807, 2.05) is 0 Å². The number of benzene rings is 2. The van der Waals surface area contributed by atoms with E-state index in [9.17, 15) is 18.0 Å². The van der Waals surface area contributed by atoms with Gasteiger partial charge in [-0.3, -0.25) is 4.79 Å². The van der Waals surface area contributed by atoms with Crippen LogP contribution in [0.4, 0.5) is 18.9 Å². The Balaban J connectivity index is 1.57. The predicted octanol–water partition coefficient (Wildman–Crippen LogP) is 5.81. The monoisotopic (exact) mass is 470 g/mol. The van der Waals surface area contributed by atoms with Gasteiger partial charge in [0.05, 0.1) is 17.8 Å². The number of rotatable bonds is 8. The van der Waals surface area contributed by atoms with E-state index in [-0.39, 0.29) is 24.5 Å². The number of anilines is 1. The molecule has 0 spiro atoms. The molecule has 0 aliphatic carbocycles. The number of aromatic nitrogens is 1. The molecule has 0 saturated carbocycles. The SMILES string of the molecule is Cc1ccc(NC(=O)Cc2csc(COc3ccc(Cl)cc3)n2)c(OCC(F)(F)F)c1. The van der Waals surface area contributed by atoms with Crippen molar-refractivity contribution in [1.29, 1.82) is 0 Å². The van der Waals surface area contributed by atoms with Crippen LogP contribution in [0.15, 0.2) is 47.8 Å². The van der Waals surface area contributed by atoms with Crippen LogP contribution in [0.5, 0.6) is 11.5 Å². The van der Waals surface area contributed by atoms with Gasteiger partial charge in [0.25, 0.3) is 0 Å². The molecule has 0 radical (unpaired) electrons. The first-order chi connectivity index (χ1) is 14.7. The molecule has 5 nitrogen and oxygen atoms in total. The first kappa shape index (κ1) is 22.9. The minimum Gasteiger partial charge on any atom is -0.486 e. The van der Waals surface area contributed by atoms with Gasteiger partial charge >= 0.3 is 6.18 Å². The number of nitrogens with zero attached hydrogens (tertiary/aromatic N) is 1. The van der Waals surface area contributed by atoms with E-state index in [4.69, 9.17) is 21.1 Å². The second-order valence-corrected chi connectivity index (χ2v) is 7.98. The zero-order chi connectivity index (χ0) is 22.4. The fourth-order valence-corrected chi connectivity index (χ4v) is 3.37. The predicted molar refractivity (Wildman–Crippen MR) is 113 cm³/mol.